The van der Waals surface area contributed by atoms with Crippen LogP contribution in [0.5, 0.6) is 0 Å². The predicted molar refractivity (Wildman–Crippen MR) is 156 cm³/mol. The quantitative estimate of drug-likeness (QED) is 0.390. The van der Waals surface area contributed by atoms with Crippen LogP contribution < -0.4 is 10.6 Å². The van der Waals surface area contributed by atoms with Gasteiger partial charge in [-0.05, 0) is 84.8 Å². The van der Waals surface area contributed by atoms with Gasteiger partial charge < -0.3 is 9.64 Å². The lowest BCUT2D eigenvalue weighted by molar-refractivity contribution is -0.136. The summed E-state index contributed by atoms with van der Waals surface area (Å²) >= 11 is 0. The lowest BCUT2D eigenvalue weighted by atomic mass is 9.85. The van der Waals surface area contributed by atoms with Crippen molar-refractivity contribution in [3.8, 4) is 0 Å². The number of likely N-dealkylation sites (tertiary alicyclic amines) is 1. The number of halogens is 1. The van der Waals surface area contributed by atoms with Crippen molar-refractivity contribution in [3.63, 3.8) is 0 Å². The van der Waals surface area contributed by atoms with Gasteiger partial charge in [0.2, 0.25) is 11.8 Å². The van der Waals surface area contributed by atoms with Gasteiger partial charge in [0.1, 0.15) is 18.5 Å². The second-order valence-corrected chi connectivity index (χ2v) is 11.4. The molecule has 0 aliphatic carbocycles. The second kappa shape index (κ2) is 12.3. The van der Waals surface area contributed by atoms with E-state index in [0.717, 1.165) is 54.7 Å². The van der Waals surface area contributed by atoms with Gasteiger partial charge in [0.05, 0.1) is 0 Å². The number of anilines is 1. The Balaban J connectivity index is 1.03. The number of hydrogen-bond acceptors (Lipinski definition) is 6. The van der Waals surface area contributed by atoms with E-state index in [1.165, 1.54) is 17.0 Å². The molecule has 0 bridgehead atoms. The van der Waals surface area contributed by atoms with Crippen LogP contribution in [0.15, 0.2) is 66.7 Å². The number of benzene rings is 3. The molecule has 3 aliphatic rings. The number of rotatable bonds is 7. The number of nitrogens with zero attached hydrogens (tertiary/aromatic N) is 2. The monoisotopic (exact) mass is 584 g/mol. The minimum Gasteiger partial charge on any atom is -0.444 e. The number of carbonyl (C=O) groups is 4. The van der Waals surface area contributed by atoms with Gasteiger partial charge in [0.25, 0.3) is 5.91 Å². The van der Waals surface area contributed by atoms with Gasteiger partial charge in [-0.15, -0.1) is 0 Å². The first-order chi connectivity index (χ1) is 20.8. The minimum absolute atomic E-state index is 0.101. The SMILES string of the molecule is O=C1CCC(N2Cc3c(cc(F)cc3C3CCN(Cc4ccc(NC(=O)OCc5ccccc5)cc4)CC3)C2=O)C(=O)N1. The number of hydrogen-bond donors (Lipinski definition) is 2. The zero-order valence-corrected chi connectivity index (χ0v) is 23.7. The molecule has 0 spiro atoms. The summed E-state index contributed by atoms with van der Waals surface area (Å²) in [5.74, 6) is -1.52. The molecule has 222 valence electrons. The highest BCUT2D eigenvalue weighted by atomic mass is 19.1. The number of piperidine rings is 2. The Morgan fingerprint density at radius 2 is 1.70 bits per heavy atom. The molecule has 43 heavy (non-hydrogen) atoms. The lowest BCUT2D eigenvalue weighted by Gasteiger charge is -2.33. The van der Waals surface area contributed by atoms with Crippen molar-refractivity contribution >= 4 is 29.5 Å². The van der Waals surface area contributed by atoms with Crippen LogP contribution in [-0.2, 0) is 34.0 Å². The highest BCUT2D eigenvalue weighted by Crippen LogP contribution is 2.38. The van der Waals surface area contributed by atoms with Crippen LogP contribution in [0.25, 0.3) is 0 Å². The Morgan fingerprint density at radius 1 is 0.953 bits per heavy atom. The highest BCUT2D eigenvalue weighted by molar-refractivity contribution is 6.05. The molecule has 3 aromatic carbocycles. The van der Waals surface area contributed by atoms with E-state index in [2.05, 4.69) is 15.5 Å². The summed E-state index contributed by atoms with van der Waals surface area (Å²) in [6.45, 7) is 2.82. The second-order valence-electron chi connectivity index (χ2n) is 11.4. The third-order valence-electron chi connectivity index (χ3n) is 8.50. The average Bonchev–Trinajstić information content (AvgIpc) is 3.33. The van der Waals surface area contributed by atoms with Crippen molar-refractivity contribution in [3.05, 3.63) is 100 Å². The van der Waals surface area contributed by atoms with E-state index >= 15 is 0 Å². The summed E-state index contributed by atoms with van der Waals surface area (Å²) < 4.78 is 20.0. The molecule has 3 aliphatic heterocycles. The standard InChI is InChI=1S/C33H33FN4O5/c34-24-16-26(28-19-38(32(41)27(28)17-24)29-10-11-30(39)36-31(29)40)23-12-14-37(15-13-23)18-21-6-8-25(9-7-21)35-33(42)43-20-22-4-2-1-3-5-22/h1-9,16-17,23,29H,10-15,18-20H2,(H,35,42)(H,36,39,40). The maximum absolute atomic E-state index is 14.7. The molecule has 6 rings (SSSR count). The Labute approximate surface area is 249 Å². The van der Waals surface area contributed by atoms with Crippen molar-refractivity contribution < 1.29 is 28.3 Å². The van der Waals surface area contributed by atoms with E-state index in [0.29, 0.717) is 11.3 Å². The number of nitrogens with one attached hydrogen (secondary N) is 2. The Hall–Kier alpha value is -4.57. The summed E-state index contributed by atoms with van der Waals surface area (Å²) in [7, 11) is 0. The summed E-state index contributed by atoms with van der Waals surface area (Å²) in [4.78, 5) is 53.2. The van der Waals surface area contributed by atoms with Crippen LogP contribution in [0.3, 0.4) is 0 Å². The lowest BCUT2D eigenvalue weighted by Crippen LogP contribution is -2.52. The molecule has 0 saturated carbocycles. The van der Waals surface area contributed by atoms with Crippen LogP contribution in [0.2, 0.25) is 0 Å². The third-order valence-corrected chi connectivity index (χ3v) is 8.50. The summed E-state index contributed by atoms with van der Waals surface area (Å²) in [6, 6.07) is 19.2. The van der Waals surface area contributed by atoms with Crippen LogP contribution in [0.1, 0.15) is 64.2 Å². The van der Waals surface area contributed by atoms with Gasteiger partial charge in [0.15, 0.2) is 0 Å². The highest BCUT2D eigenvalue weighted by Gasteiger charge is 2.41. The molecular weight excluding hydrogens is 551 g/mol. The zero-order valence-electron chi connectivity index (χ0n) is 23.7. The number of amides is 4. The number of imide groups is 1. The Kier molecular flexibility index (Phi) is 8.20. The fourth-order valence-electron chi connectivity index (χ4n) is 6.25. The molecule has 4 amide bonds. The molecule has 2 fully saturated rings. The number of ether oxygens (including phenoxy) is 1. The number of fused-ring (bicyclic) bond motifs is 1. The first-order valence-electron chi connectivity index (χ1n) is 14.6. The molecule has 3 heterocycles. The molecular formula is C33H33FN4O5. The van der Waals surface area contributed by atoms with Gasteiger partial charge in [-0.2, -0.15) is 0 Å². The van der Waals surface area contributed by atoms with E-state index < -0.39 is 23.9 Å². The van der Waals surface area contributed by atoms with Gasteiger partial charge in [-0.25, -0.2) is 9.18 Å². The van der Waals surface area contributed by atoms with E-state index in [9.17, 15) is 23.6 Å². The van der Waals surface area contributed by atoms with E-state index in [1.807, 2.05) is 54.6 Å². The van der Waals surface area contributed by atoms with Crippen molar-refractivity contribution in [2.24, 2.45) is 0 Å². The van der Waals surface area contributed by atoms with E-state index in [1.54, 1.807) is 0 Å². The normalized spacial score (nSPS) is 19.2. The Morgan fingerprint density at radius 3 is 2.42 bits per heavy atom. The van der Waals surface area contributed by atoms with Crippen LogP contribution in [-0.4, -0.2) is 52.7 Å². The summed E-state index contributed by atoms with van der Waals surface area (Å²) in [5, 5.41) is 5.07. The number of carbonyl (C=O) groups excluding carboxylic acids is 4. The van der Waals surface area contributed by atoms with Crippen molar-refractivity contribution in [2.75, 3.05) is 18.4 Å². The fourth-order valence-corrected chi connectivity index (χ4v) is 6.25. The average molecular weight is 585 g/mol. The molecule has 2 saturated heterocycles. The van der Waals surface area contributed by atoms with Crippen LogP contribution in [0, 0.1) is 5.82 Å². The largest absolute Gasteiger partial charge is 0.444 e. The summed E-state index contributed by atoms with van der Waals surface area (Å²) in [6.07, 6.45) is 1.57. The van der Waals surface area contributed by atoms with Crippen molar-refractivity contribution in [1.29, 1.82) is 0 Å². The predicted octanol–water partition coefficient (Wildman–Crippen LogP) is 4.72. The van der Waals surface area contributed by atoms with Crippen LogP contribution in [0.4, 0.5) is 14.9 Å². The fraction of sp³-hybridized carbons (Fsp3) is 0.333. The van der Waals surface area contributed by atoms with Gasteiger partial charge >= 0.3 is 6.09 Å². The first kappa shape index (κ1) is 28.5. The van der Waals surface area contributed by atoms with Gasteiger partial charge in [-0.3, -0.25) is 29.9 Å². The van der Waals surface area contributed by atoms with Crippen molar-refractivity contribution in [2.45, 2.75) is 57.3 Å². The van der Waals surface area contributed by atoms with Crippen molar-refractivity contribution in [1.82, 2.24) is 15.1 Å². The third kappa shape index (κ3) is 6.44. The molecule has 2 N–H and O–H groups in total. The maximum atomic E-state index is 14.7. The topological polar surface area (TPSA) is 108 Å². The van der Waals surface area contributed by atoms with Crippen LogP contribution >= 0.6 is 0 Å². The Bertz CT molecular complexity index is 1540. The van der Waals surface area contributed by atoms with E-state index in [4.69, 9.17) is 4.74 Å². The van der Waals surface area contributed by atoms with E-state index in [-0.39, 0.29) is 43.7 Å². The molecule has 1 unspecified atom stereocenters. The minimum atomic E-state index is -0.725. The molecule has 9 nitrogen and oxygen atoms in total. The summed E-state index contributed by atoms with van der Waals surface area (Å²) in [5.41, 5.74) is 4.63. The zero-order chi connectivity index (χ0) is 29.9. The smallest absolute Gasteiger partial charge is 0.411 e. The molecule has 0 radical (unpaired) electrons. The molecule has 1 atom stereocenters. The molecule has 3 aromatic rings. The van der Waals surface area contributed by atoms with Gasteiger partial charge in [-0.1, -0.05) is 42.5 Å². The maximum Gasteiger partial charge on any atom is 0.411 e. The molecule has 10 heteroatoms. The first-order valence-corrected chi connectivity index (χ1v) is 14.6. The molecule has 0 aromatic heterocycles. The van der Waals surface area contributed by atoms with Gasteiger partial charge in [0, 0.05) is 30.8 Å².